The average Bonchev–Trinajstić information content (AvgIpc) is 1.92. The molecule has 0 aromatic heterocycles. The first-order valence-corrected chi connectivity index (χ1v) is 5.97. The molecule has 0 saturated carbocycles. The van der Waals surface area contributed by atoms with Crippen molar-refractivity contribution >= 4 is 10.0 Å². The van der Waals surface area contributed by atoms with Gasteiger partial charge in [-0.2, -0.15) is 0 Å². The van der Waals surface area contributed by atoms with Crippen molar-refractivity contribution in [3.05, 3.63) is 0 Å². The minimum Gasteiger partial charge on any atom is -0.327 e. The first kappa shape index (κ1) is 9.95. The second-order valence-electron chi connectivity index (χ2n) is 3.55. The molecule has 0 aromatic carbocycles. The molecule has 1 unspecified atom stereocenters. The van der Waals surface area contributed by atoms with Crippen LogP contribution in [-0.4, -0.2) is 38.1 Å². The van der Waals surface area contributed by atoms with E-state index in [9.17, 15) is 8.42 Å². The van der Waals surface area contributed by atoms with Crippen molar-refractivity contribution in [3.8, 4) is 0 Å². The summed E-state index contributed by atoms with van der Waals surface area (Å²) < 4.78 is 23.7. The van der Waals surface area contributed by atoms with Crippen LogP contribution in [0.1, 0.15) is 13.3 Å². The second kappa shape index (κ2) is 3.32. The van der Waals surface area contributed by atoms with E-state index < -0.39 is 10.0 Å². The molecule has 0 spiro atoms. The zero-order valence-electron chi connectivity index (χ0n) is 7.53. The van der Waals surface area contributed by atoms with Crippen LogP contribution < -0.4 is 5.73 Å². The van der Waals surface area contributed by atoms with Crippen LogP contribution in [0, 0.1) is 5.92 Å². The van der Waals surface area contributed by atoms with E-state index in [1.165, 1.54) is 10.6 Å². The number of hydrogen-bond donors (Lipinski definition) is 1. The van der Waals surface area contributed by atoms with E-state index in [1.54, 1.807) is 0 Å². The molecule has 1 fully saturated rings. The number of nitrogens with two attached hydrogens (primary N) is 1. The summed E-state index contributed by atoms with van der Waals surface area (Å²) in [6, 6.07) is 0.156. The average molecular weight is 192 g/mol. The SMILES string of the molecule is C[C@H]1CN(S(C)(=O)=O)CCC1N. The maximum atomic E-state index is 11.1. The van der Waals surface area contributed by atoms with Crippen LogP contribution in [0.25, 0.3) is 0 Å². The number of nitrogens with zero attached hydrogens (tertiary/aromatic N) is 1. The van der Waals surface area contributed by atoms with Crippen LogP contribution in [0.5, 0.6) is 0 Å². The Morgan fingerprint density at radius 1 is 1.50 bits per heavy atom. The first-order chi connectivity index (χ1) is 5.41. The van der Waals surface area contributed by atoms with Crippen molar-refractivity contribution in [2.75, 3.05) is 19.3 Å². The molecule has 5 heteroatoms. The van der Waals surface area contributed by atoms with E-state index in [4.69, 9.17) is 5.73 Å². The number of piperidine rings is 1. The van der Waals surface area contributed by atoms with E-state index in [0.29, 0.717) is 13.1 Å². The second-order valence-corrected chi connectivity index (χ2v) is 5.53. The van der Waals surface area contributed by atoms with Gasteiger partial charge in [-0.05, 0) is 12.3 Å². The smallest absolute Gasteiger partial charge is 0.211 e. The summed E-state index contributed by atoms with van der Waals surface area (Å²) >= 11 is 0. The lowest BCUT2D eigenvalue weighted by Gasteiger charge is -2.33. The molecule has 0 aliphatic carbocycles. The topological polar surface area (TPSA) is 63.4 Å². The largest absolute Gasteiger partial charge is 0.327 e. The Morgan fingerprint density at radius 2 is 2.08 bits per heavy atom. The van der Waals surface area contributed by atoms with Gasteiger partial charge < -0.3 is 5.73 Å². The molecular formula is C7H16N2O2S. The standard InChI is InChI=1S/C7H16N2O2S/c1-6-5-9(12(2,10)11)4-3-7(6)8/h6-7H,3-5,8H2,1-2H3/t6-,7?/m0/s1. The summed E-state index contributed by atoms with van der Waals surface area (Å²) in [6.07, 6.45) is 2.02. The maximum absolute atomic E-state index is 11.1. The molecule has 1 aliphatic rings. The normalized spacial score (nSPS) is 33.6. The van der Waals surface area contributed by atoms with Crippen molar-refractivity contribution in [3.63, 3.8) is 0 Å². The predicted octanol–water partition coefficient (Wildman–Crippen LogP) is -0.385. The molecule has 1 heterocycles. The highest BCUT2D eigenvalue weighted by Crippen LogP contribution is 2.16. The van der Waals surface area contributed by atoms with Crippen molar-refractivity contribution in [2.45, 2.75) is 19.4 Å². The third-order valence-corrected chi connectivity index (χ3v) is 3.67. The summed E-state index contributed by atoms with van der Waals surface area (Å²) in [5.41, 5.74) is 5.76. The summed E-state index contributed by atoms with van der Waals surface area (Å²) in [6.45, 7) is 3.13. The van der Waals surface area contributed by atoms with E-state index in [-0.39, 0.29) is 12.0 Å². The van der Waals surface area contributed by atoms with Gasteiger partial charge in [0.15, 0.2) is 0 Å². The Labute approximate surface area is 73.8 Å². The lowest BCUT2D eigenvalue weighted by atomic mass is 9.96. The Bertz CT molecular complexity index is 250. The molecule has 1 rings (SSSR count). The van der Waals surface area contributed by atoms with Gasteiger partial charge in [0.25, 0.3) is 0 Å². The molecule has 0 bridgehead atoms. The third kappa shape index (κ3) is 2.18. The van der Waals surface area contributed by atoms with Gasteiger partial charge in [0, 0.05) is 19.1 Å². The highest BCUT2D eigenvalue weighted by atomic mass is 32.2. The van der Waals surface area contributed by atoms with E-state index in [1.807, 2.05) is 6.92 Å². The van der Waals surface area contributed by atoms with Crippen LogP contribution in [-0.2, 0) is 10.0 Å². The minimum atomic E-state index is -3.00. The maximum Gasteiger partial charge on any atom is 0.211 e. The van der Waals surface area contributed by atoms with Crippen molar-refractivity contribution in [1.29, 1.82) is 0 Å². The molecule has 72 valence electrons. The van der Waals surface area contributed by atoms with Crippen LogP contribution in [0.15, 0.2) is 0 Å². The summed E-state index contributed by atoms with van der Waals surface area (Å²) in [5, 5.41) is 0. The van der Waals surface area contributed by atoms with Crippen LogP contribution >= 0.6 is 0 Å². The Morgan fingerprint density at radius 3 is 2.50 bits per heavy atom. The van der Waals surface area contributed by atoms with Crippen LogP contribution in [0.3, 0.4) is 0 Å². The van der Waals surface area contributed by atoms with Gasteiger partial charge in [-0.3, -0.25) is 0 Å². The fourth-order valence-corrected chi connectivity index (χ4v) is 2.37. The lowest BCUT2D eigenvalue weighted by Crippen LogP contribution is -2.47. The number of hydrogen-bond acceptors (Lipinski definition) is 3. The Balaban J connectivity index is 2.64. The van der Waals surface area contributed by atoms with Crippen LogP contribution in [0.4, 0.5) is 0 Å². The number of sulfonamides is 1. The zero-order valence-corrected chi connectivity index (χ0v) is 8.34. The number of rotatable bonds is 1. The van der Waals surface area contributed by atoms with Gasteiger partial charge in [0.05, 0.1) is 6.26 Å². The van der Waals surface area contributed by atoms with Gasteiger partial charge in [-0.1, -0.05) is 6.92 Å². The summed E-state index contributed by atoms with van der Waals surface area (Å²) in [5.74, 6) is 0.272. The van der Waals surface area contributed by atoms with Crippen molar-refractivity contribution in [2.24, 2.45) is 11.7 Å². The monoisotopic (exact) mass is 192 g/mol. The highest BCUT2D eigenvalue weighted by molar-refractivity contribution is 7.88. The lowest BCUT2D eigenvalue weighted by molar-refractivity contribution is 0.251. The zero-order chi connectivity index (χ0) is 9.35. The van der Waals surface area contributed by atoms with Gasteiger partial charge in [0.1, 0.15) is 0 Å². The molecular weight excluding hydrogens is 176 g/mol. The van der Waals surface area contributed by atoms with Crippen molar-refractivity contribution in [1.82, 2.24) is 4.31 Å². The molecule has 0 aromatic rings. The molecule has 4 nitrogen and oxygen atoms in total. The fourth-order valence-electron chi connectivity index (χ4n) is 1.43. The molecule has 12 heavy (non-hydrogen) atoms. The highest BCUT2D eigenvalue weighted by Gasteiger charge is 2.27. The van der Waals surface area contributed by atoms with Crippen molar-refractivity contribution < 1.29 is 8.42 Å². The predicted molar refractivity (Wildman–Crippen MR) is 48.2 cm³/mol. The Hall–Kier alpha value is -0.130. The molecule has 0 radical (unpaired) electrons. The molecule has 1 saturated heterocycles. The first-order valence-electron chi connectivity index (χ1n) is 4.12. The molecule has 1 aliphatic heterocycles. The van der Waals surface area contributed by atoms with E-state index in [0.717, 1.165) is 6.42 Å². The Kier molecular flexibility index (Phi) is 2.75. The molecule has 2 N–H and O–H groups in total. The van der Waals surface area contributed by atoms with Gasteiger partial charge >= 0.3 is 0 Å². The fraction of sp³-hybridized carbons (Fsp3) is 1.00. The van der Waals surface area contributed by atoms with Gasteiger partial charge in [0.2, 0.25) is 10.0 Å². The summed E-state index contributed by atoms with van der Waals surface area (Å²) in [4.78, 5) is 0. The minimum absolute atomic E-state index is 0.156. The van der Waals surface area contributed by atoms with E-state index >= 15 is 0 Å². The summed E-state index contributed by atoms with van der Waals surface area (Å²) in [7, 11) is -3.00. The van der Waals surface area contributed by atoms with E-state index in [2.05, 4.69) is 0 Å². The van der Waals surface area contributed by atoms with Gasteiger partial charge in [-0.15, -0.1) is 0 Å². The molecule has 0 amide bonds. The third-order valence-electron chi connectivity index (χ3n) is 2.40. The molecule has 2 atom stereocenters. The van der Waals surface area contributed by atoms with Crippen LogP contribution in [0.2, 0.25) is 0 Å². The quantitative estimate of drug-likeness (QED) is 0.615. The van der Waals surface area contributed by atoms with Gasteiger partial charge in [-0.25, -0.2) is 12.7 Å².